The van der Waals surface area contributed by atoms with Gasteiger partial charge in [0.25, 0.3) is 0 Å². The van der Waals surface area contributed by atoms with Crippen LogP contribution in [0.4, 0.5) is 0 Å². The molecule has 4 nitrogen and oxygen atoms in total. The average molecular weight is 276 g/mol. The van der Waals surface area contributed by atoms with E-state index in [1.165, 1.54) is 11.1 Å². The van der Waals surface area contributed by atoms with Crippen molar-refractivity contribution in [3.8, 4) is 0 Å². The number of carbonyl (C=O) groups excluding carboxylic acids is 1. The van der Waals surface area contributed by atoms with Gasteiger partial charge in [-0.25, -0.2) is 0 Å². The highest BCUT2D eigenvalue weighted by atomic mass is 16.5. The molecule has 20 heavy (non-hydrogen) atoms. The Labute approximate surface area is 121 Å². The third-order valence-electron chi connectivity index (χ3n) is 3.74. The summed E-state index contributed by atoms with van der Waals surface area (Å²) < 4.78 is 5.30. The Morgan fingerprint density at radius 1 is 1.30 bits per heavy atom. The standard InChI is InChI=1S/C16H24N2O2/c1-14-4-2-3-5-15(14)6-7-16(19)17-8-9-18-10-12-20-13-11-18/h2-5H,6-13H2,1H3,(H,17,19). The highest BCUT2D eigenvalue weighted by Gasteiger charge is 2.10. The molecule has 4 heteroatoms. The van der Waals surface area contributed by atoms with Crippen LogP contribution in [0.25, 0.3) is 0 Å². The van der Waals surface area contributed by atoms with Crippen molar-refractivity contribution in [1.29, 1.82) is 0 Å². The van der Waals surface area contributed by atoms with Gasteiger partial charge < -0.3 is 10.1 Å². The van der Waals surface area contributed by atoms with Crippen molar-refractivity contribution in [2.75, 3.05) is 39.4 Å². The van der Waals surface area contributed by atoms with Crippen LogP contribution in [0.15, 0.2) is 24.3 Å². The molecule has 1 heterocycles. The molecule has 1 aromatic rings. The maximum absolute atomic E-state index is 11.8. The number of hydrogen-bond acceptors (Lipinski definition) is 3. The van der Waals surface area contributed by atoms with E-state index in [1.807, 2.05) is 12.1 Å². The molecule has 1 N–H and O–H groups in total. The van der Waals surface area contributed by atoms with E-state index < -0.39 is 0 Å². The SMILES string of the molecule is Cc1ccccc1CCC(=O)NCCN1CCOCC1. The third-order valence-corrected chi connectivity index (χ3v) is 3.74. The number of ether oxygens (including phenoxy) is 1. The number of amides is 1. The summed E-state index contributed by atoms with van der Waals surface area (Å²) >= 11 is 0. The second kappa shape index (κ2) is 8.02. The first-order chi connectivity index (χ1) is 9.75. The first kappa shape index (κ1) is 15.0. The van der Waals surface area contributed by atoms with Crippen LogP contribution >= 0.6 is 0 Å². The van der Waals surface area contributed by atoms with Gasteiger partial charge in [0.05, 0.1) is 13.2 Å². The van der Waals surface area contributed by atoms with E-state index >= 15 is 0 Å². The lowest BCUT2D eigenvalue weighted by atomic mass is 10.0. The van der Waals surface area contributed by atoms with Crippen LogP contribution in [0.5, 0.6) is 0 Å². The molecule has 0 atom stereocenters. The molecular weight excluding hydrogens is 252 g/mol. The number of benzene rings is 1. The van der Waals surface area contributed by atoms with Crippen molar-refractivity contribution >= 4 is 5.91 Å². The zero-order chi connectivity index (χ0) is 14.2. The van der Waals surface area contributed by atoms with E-state index in [2.05, 4.69) is 29.3 Å². The van der Waals surface area contributed by atoms with Crippen molar-refractivity contribution < 1.29 is 9.53 Å². The van der Waals surface area contributed by atoms with Gasteiger partial charge >= 0.3 is 0 Å². The number of aryl methyl sites for hydroxylation is 2. The van der Waals surface area contributed by atoms with Crippen molar-refractivity contribution in [2.45, 2.75) is 19.8 Å². The fourth-order valence-electron chi connectivity index (χ4n) is 2.41. The van der Waals surface area contributed by atoms with Gasteiger partial charge in [0, 0.05) is 32.6 Å². The summed E-state index contributed by atoms with van der Waals surface area (Å²) in [7, 11) is 0. The van der Waals surface area contributed by atoms with Crippen molar-refractivity contribution in [3.63, 3.8) is 0 Å². The van der Waals surface area contributed by atoms with Crippen LogP contribution in [0, 0.1) is 6.92 Å². The lowest BCUT2D eigenvalue weighted by Gasteiger charge is -2.26. The molecule has 110 valence electrons. The molecule has 1 amide bonds. The van der Waals surface area contributed by atoms with Gasteiger partial charge in [-0.05, 0) is 24.5 Å². The average Bonchev–Trinajstić information content (AvgIpc) is 2.47. The number of rotatable bonds is 6. The van der Waals surface area contributed by atoms with Gasteiger partial charge in [0.1, 0.15) is 0 Å². The second-order valence-corrected chi connectivity index (χ2v) is 5.23. The number of nitrogens with one attached hydrogen (secondary N) is 1. The molecule has 1 aliphatic rings. The van der Waals surface area contributed by atoms with Crippen LogP contribution in [0.2, 0.25) is 0 Å². The normalized spacial score (nSPS) is 16.1. The molecule has 0 radical (unpaired) electrons. The Kier molecular flexibility index (Phi) is 6.02. The topological polar surface area (TPSA) is 41.6 Å². The molecule has 0 spiro atoms. The minimum absolute atomic E-state index is 0.140. The number of nitrogens with zero attached hydrogens (tertiary/aromatic N) is 1. The summed E-state index contributed by atoms with van der Waals surface area (Å²) in [6.45, 7) is 7.29. The summed E-state index contributed by atoms with van der Waals surface area (Å²) in [5.74, 6) is 0.140. The summed E-state index contributed by atoms with van der Waals surface area (Å²) in [5, 5.41) is 3.00. The predicted octanol–water partition coefficient (Wildman–Crippen LogP) is 1.38. The summed E-state index contributed by atoms with van der Waals surface area (Å²) in [5.41, 5.74) is 2.52. The first-order valence-corrected chi connectivity index (χ1v) is 7.37. The van der Waals surface area contributed by atoms with E-state index in [-0.39, 0.29) is 5.91 Å². The predicted molar refractivity (Wildman–Crippen MR) is 79.8 cm³/mol. The third kappa shape index (κ3) is 4.94. The zero-order valence-corrected chi connectivity index (χ0v) is 12.2. The second-order valence-electron chi connectivity index (χ2n) is 5.23. The van der Waals surface area contributed by atoms with Crippen LogP contribution in [-0.2, 0) is 16.0 Å². The van der Waals surface area contributed by atoms with Gasteiger partial charge in [-0.1, -0.05) is 24.3 Å². The van der Waals surface area contributed by atoms with E-state index in [0.717, 1.165) is 45.8 Å². The monoisotopic (exact) mass is 276 g/mol. The van der Waals surface area contributed by atoms with Gasteiger partial charge in [0.2, 0.25) is 5.91 Å². The number of hydrogen-bond donors (Lipinski definition) is 1. The van der Waals surface area contributed by atoms with Gasteiger partial charge in [-0.3, -0.25) is 9.69 Å². The lowest BCUT2D eigenvalue weighted by Crippen LogP contribution is -2.41. The maximum atomic E-state index is 11.8. The van der Waals surface area contributed by atoms with E-state index in [0.29, 0.717) is 6.42 Å². The van der Waals surface area contributed by atoms with E-state index in [9.17, 15) is 4.79 Å². The minimum atomic E-state index is 0.140. The summed E-state index contributed by atoms with van der Waals surface area (Å²) in [4.78, 5) is 14.1. The van der Waals surface area contributed by atoms with Crippen molar-refractivity contribution in [3.05, 3.63) is 35.4 Å². The molecule has 0 aromatic heterocycles. The lowest BCUT2D eigenvalue weighted by molar-refractivity contribution is -0.121. The quantitative estimate of drug-likeness (QED) is 0.853. The molecule has 0 saturated carbocycles. The molecule has 0 aliphatic carbocycles. The van der Waals surface area contributed by atoms with E-state index in [4.69, 9.17) is 4.74 Å². The van der Waals surface area contributed by atoms with Gasteiger partial charge in [-0.15, -0.1) is 0 Å². The van der Waals surface area contributed by atoms with Crippen LogP contribution in [0.3, 0.4) is 0 Å². The zero-order valence-electron chi connectivity index (χ0n) is 12.2. The highest BCUT2D eigenvalue weighted by molar-refractivity contribution is 5.76. The minimum Gasteiger partial charge on any atom is -0.379 e. The maximum Gasteiger partial charge on any atom is 0.220 e. The smallest absolute Gasteiger partial charge is 0.220 e. The van der Waals surface area contributed by atoms with Crippen LogP contribution in [0.1, 0.15) is 17.5 Å². The largest absolute Gasteiger partial charge is 0.379 e. The summed E-state index contributed by atoms with van der Waals surface area (Å²) in [6.07, 6.45) is 1.38. The number of carbonyl (C=O) groups is 1. The van der Waals surface area contributed by atoms with Gasteiger partial charge in [-0.2, -0.15) is 0 Å². The van der Waals surface area contributed by atoms with Gasteiger partial charge in [0.15, 0.2) is 0 Å². The Balaban J connectivity index is 1.62. The fourth-order valence-corrected chi connectivity index (χ4v) is 2.41. The molecule has 1 aromatic carbocycles. The molecular formula is C16H24N2O2. The Morgan fingerprint density at radius 2 is 2.05 bits per heavy atom. The summed E-state index contributed by atoms with van der Waals surface area (Å²) in [6, 6.07) is 8.24. The highest BCUT2D eigenvalue weighted by Crippen LogP contribution is 2.09. The van der Waals surface area contributed by atoms with Crippen LogP contribution < -0.4 is 5.32 Å². The molecule has 1 fully saturated rings. The molecule has 1 saturated heterocycles. The molecule has 1 aliphatic heterocycles. The Hall–Kier alpha value is -1.39. The molecule has 0 unspecified atom stereocenters. The van der Waals surface area contributed by atoms with Crippen molar-refractivity contribution in [1.82, 2.24) is 10.2 Å². The first-order valence-electron chi connectivity index (χ1n) is 7.37. The van der Waals surface area contributed by atoms with E-state index in [1.54, 1.807) is 0 Å². The van der Waals surface area contributed by atoms with Crippen LogP contribution in [-0.4, -0.2) is 50.2 Å². The number of morpholine rings is 1. The fraction of sp³-hybridized carbons (Fsp3) is 0.562. The molecule has 0 bridgehead atoms. The molecule has 2 rings (SSSR count). The Bertz CT molecular complexity index is 428. The Morgan fingerprint density at radius 3 is 2.80 bits per heavy atom. The van der Waals surface area contributed by atoms with Crippen molar-refractivity contribution in [2.24, 2.45) is 0 Å².